The van der Waals surface area contributed by atoms with Gasteiger partial charge in [0.25, 0.3) is 0 Å². The number of hydrogen-bond donors (Lipinski definition) is 0. The van der Waals surface area contributed by atoms with Gasteiger partial charge in [-0.1, -0.05) is 232 Å². The monoisotopic (exact) mass is 1130 g/mol. The molecule has 11 heteroatoms. The van der Waals surface area contributed by atoms with E-state index in [9.17, 15) is 0 Å². The highest BCUT2D eigenvalue weighted by Crippen LogP contribution is 2.49. The van der Waals surface area contributed by atoms with E-state index in [1.165, 1.54) is 11.1 Å². The molecule has 88 heavy (non-hydrogen) atoms. The van der Waals surface area contributed by atoms with Gasteiger partial charge in [0, 0.05) is 98.2 Å². The summed E-state index contributed by atoms with van der Waals surface area (Å²) >= 11 is 0. The molecule has 0 N–H and O–H groups in total. The highest BCUT2D eigenvalue weighted by molar-refractivity contribution is 5.82. The van der Waals surface area contributed by atoms with Crippen LogP contribution in [0.15, 0.2) is 274 Å². The Morgan fingerprint density at radius 2 is 0.523 bits per heavy atom. The molecule has 1 aliphatic rings. The van der Waals surface area contributed by atoms with E-state index >= 15 is 0 Å². The lowest BCUT2D eigenvalue weighted by molar-refractivity contribution is 0.658. The largest absolute Gasteiger partial charge is 0.254 e. The first-order chi connectivity index (χ1) is 43.3. The minimum atomic E-state index is -0.273. The van der Waals surface area contributed by atoms with Crippen molar-refractivity contribution in [3.05, 3.63) is 296 Å². The maximum Gasteiger partial charge on any atom is 0.197 e. The second-order valence-electron chi connectivity index (χ2n) is 22.4. The first-order valence-corrected chi connectivity index (χ1v) is 29.2. The molecule has 6 heterocycles. The molecule has 0 saturated carbocycles. The Kier molecular flexibility index (Phi) is 13.7. The van der Waals surface area contributed by atoms with Gasteiger partial charge in [0.15, 0.2) is 34.9 Å². The summed E-state index contributed by atoms with van der Waals surface area (Å²) in [4.78, 5) is 53.8. The van der Waals surface area contributed by atoms with Gasteiger partial charge in [0.2, 0.25) is 0 Å². The molecule has 1 aliphatic carbocycles. The molecule has 0 bridgehead atoms. The van der Waals surface area contributed by atoms with E-state index in [1.54, 1.807) is 12.4 Å². The van der Waals surface area contributed by atoms with Crippen molar-refractivity contribution in [2.45, 2.75) is 25.7 Å². The molecule has 6 aromatic heterocycles. The van der Waals surface area contributed by atoms with Crippen molar-refractivity contribution in [3.8, 4) is 136 Å². The third-order valence-electron chi connectivity index (χ3n) is 16.4. The molecule has 0 unspecified atom stereocenters. The second kappa shape index (κ2) is 22.7. The van der Waals surface area contributed by atoms with E-state index in [-0.39, 0.29) is 5.41 Å². The van der Waals surface area contributed by atoms with Crippen molar-refractivity contribution < 1.29 is 0 Å². The van der Waals surface area contributed by atoms with E-state index < -0.39 is 0 Å². The van der Waals surface area contributed by atoms with Crippen molar-refractivity contribution in [1.82, 2.24) is 54.8 Å². The molecular formula is C77H53N11. The van der Waals surface area contributed by atoms with Crippen molar-refractivity contribution in [1.29, 1.82) is 0 Å². The van der Waals surface area contributed by atoms with Gasteiger partial charge in [0.1, 0.15) is 0 Å². The molecule has 0 amide bonds. The lowest BCUT2D eigenvalue weighted by Gasteiger charge is -2.21. The van der Waals surface area contributed by atoms with E-state index in [0.29, 0.717) is 34.9 Å². The highest BCUT2D eigenvalue weighted by atomic mass is 15.0. The van der Waals surface area contributed by atoms with Gasteiger partial charge in [-0.05, 0) is 69.1 Å². The maximum atomic E-state index is 5.15. The van der Waals surface area contributed by atoms with Crippen LogP contribution < -0.4 is 0 Å². The van der Waals surface area contributed by atoms with Crippen LogP contribution in [-0.4, -0.2) is 54.8 Å². The fraction of sp³-hybridized carbons (Fsp3) is 0.0519. The smallest absolute Gasteiger partial charge is 0.197 e. The van der Waals surface area contributed by atoms with E-state index in [4.69, 9.17) is 34.9 Å². The summed E-state index contributed by atoms with van der Waals surface area (Å²) < 4.78 is 0. The first kappa shape index (κ1) is 53.1. The lowest BCUT2D eigenvalue weighted by Crippen LogP contribution is -2.15. The Bertz CT molecular complexity index is 4820. The van der Waals surface area contributed by atoms with Gasteiger partial charge < -0.3 is 0 Å². The summed E-state index contributed by atoms with van der Waals surface area (Å²) in [6.07, 6.45) is 11.9. The number of aromatic nitrogens is 11. The Labute approximate surface area is 509 Å². The summed E-state index contributed by atoms with van der Waals surface area (Å²) in [5.74, 6) is 3.38. The van der Waals surface area contributed by atoms with Crippen LogP contribution in [-0.2, 0) is 11.8 Å². The molecule has 0 saturated heterocycles. The fourth-order valence-electron chi connectivity index (χ4n) is 11.4. The van der Waals surface area contributed by atoms with Crippen LogP contribution in [0.2, 0.25) is 0 Å². The van der Waals surface area contributed by atoms with Crippen LogP contribution >= 0.6 is 0 Å². The van der Waals surface area contributed by atoms with Crippen LogP contribution in [0, 0.1) is 0 Å². The van der Waals surface area contributed by atoms with E-state index in [1.807, 2.05) is 110 Å². The fourth-order valence-corrected chi connectivity index (χ4v) is 11.4. The summed E-state index contributed by atoms with van der Waals surface area (Å²) in [6, 6.07) is 81.1. The van der Waals surface area contributed by atoms with Gasteiger partial charge in [-0.15, -0.1) is 0 Å². The van der Waals surface area contributed by atoms with Gasteiger partial charge in [-0.25, -0.2) is 44.9 Å². The Hall–Kier alpha value is -11.7. The van der Waals surface area contributed by atoms with Gasteiger partial charge >= 0.3 is 0 Å². The summed E-state index contributed by atoms with van der Waals surface area (Å²) in [5.41, 5.74) is 21.7. The number of pyridine rings is 2. The zero-order chi connectivity index (χ0) is 59.0. The minimum Gasteiger partial charge on any atom is -0.254 e. The average Bonchev–Trinajstić information content (AvgIpc) is 1.72. The van der Waals surface area contributed by atoms with E-state index in [0.717, 1.165) is 118 Å². The number of nitrogens with zero attached hydrogens (tertiary/aromatic N) is 11. The molecule has 416 valence electrons. The first-order valence-electron chi connectivity index (χ1n) is 29.2. The molecular weight excluding hydrogens is 1080 g/mol. The third-order valence-corrected chi connectivity index (χ3v) is 16.4. The van der Waals surface area contributed by atoms with Crippen molar-refractivity contribution in [3.63, 3.8) is 0 Å². The number of rotatable bonds is 13. The third kappa shape index (κ3) is 10.6. The molecule has 14 aromatic rings. The Morgan fingerprint density at radius 3 is 0.943 bits per heavy atom. The quantitative estimate of drug-likeness (QED) is 0.109. The van der Waals surface area contributed by atoms with Gasteiger partial charge in [-0.3, -0.25) is 9.97 Å². The SMILES string of the molecule is CC1(C)c2cc(-c3ccccc3)cnc2-c2ncc(-c3ccc(-c4nc(-c5ccccc5)nc(-c5ccc(Cc6ccc(-c7nc(-c8ccccc8)cc(-c8ccc(-c9cnc(-c%10ncc(-c%11ccccc%11)cn%10)nc9)cc8)n7)cc6)cc5)n4)cc3)cc21. The number of hydrogen-bond acceptors (Lipinski definition) is 11. The molecule has 15 rings (SSSR count). The molecule has 11 nitrogen and oxygen atoms in total. The summed E-state index contributed by atoms with van der Waals surface area (Å²) in [7, 11) is 0. The molecule has 0 atom stereocenters. The topological polar surface area (TPSA) is 142 Å². The predicted molar refractivity (Wildman–Crippen MR) is 349 cm³/mol. The van der Waals surface area contributed by atoms with Crippen molar-refractivity contribution in [2.75, 3.05) is 0 Å². The van der Waals surface area contributed by atoms with E-state index in [2.05, 4.69) is 185 Å². The van der Waals surface area contributed by atoms with Crippen LogP contribution in [0.5, 0.6) is 0 Å². The minimum absolute atomic E-state index is 0.273. The normalized spacial score (nSPS) is 12.1. The zero-order valence-corrected chi connectivity index (χ0v) is 48.1. The Balaban J connectivity index is 0.651. The van der Waals surface area contributed by atoms with Crippen LogP contribution in [0.1, 0.15) is 36.1 Å². The predicted octanol–water partition coefficient (Wildman–Crippen LogP) is 17.3. The summed E-state index contributed by atoms with van der Waals surface area (Å²) in [5, 5.41) is 0. The standard InChI is InChI=1S/C77H53N11/c1-77(2)65-40-61(51-15-7-3-8-16-51)43-78-69(65)70-66(77)41-62(44-79-70)53-33-37-60(38-34-53)74-87-72(57-21-13-6-14-22-57)86-73(88-74)59-29-25-50(26-30-59)39-49-23-27-58(28-24-49)71-84-67(55-19-11-5-12-20-55)42-68(85-71)56-35-31-54(32-36-56)64-47-82-76(83-48-64)75-80-45-63(46-81-75)52-17-9-4-10-18-52/h3-38,40-48H,39H2,1-2H3. The van der Waals surface area contributed by atoms with Gasteiger partial charge in [-0.2, -0.15) is 0 Å². The highest BCUT2D eigenvalue weighted by Gasteiger charge is 2.38. The molecule has 0 radical (unpaired) electrons. The number of fused-ring (bicyclic) bond motifs is 3. The average molecular weight is 1130 g/mol. The molecule has 8 aromatic carbocycles. The number of benzene rings is 8. The van der Waals surface area contributed by atoms with Gasteiger partial charge in [0.05, 0.1) is 22.8 Å². The van der Waals surface area contributed by atoms with Crippen LogP contribution in [0.3, 0.4) is 0 Å². The molecule has 0 spiro atoms. The molecule has 0 aliphatic heterocycles. The maximum absolute atomic E-state index is 5.15. The second-order valence-corrected chi connectivity index (χ2v) is 22.4. The molecule has 0 fully saturated rings. The van der Waals surface area contributed by atoms with Crippen molar-refractivity contribution >= 4 is 0 Å². The van der Waals surface area contributed by atoms with Crippen LogP contribution in [0.25, 0.3) is 136 Å². The lowest BCUT2D eigenvalue weighted by atomic mass is 9.82. The van der Waals surface area contributed by atoms with Crippen LogP contribution in [0.4, 0.5) is 0 Å². The summed E-state index contributed by atoms with van der Waals surface area (Å²) in [6.45, 7) is 4.53. The van der Waals surface area contributed by atoms with Crippen molar-refractivity contribution in [2.24, 2.45) is 0 Å². The Morgan fingerprint density at radius 1 is 0.239 bits per heavy atom. The zero-order valence-electron chi connectivity index (χ0n) is 48.1.